The highest BCUT2D eigenvalue weighted by Gasteiger charge is 2.05. The Kier molecular flexibility index (Phi) is 9.63. The second kappa shape index (κ2) is 12.5. The lowest BCUT2D eigenvalue weighted by atomic mass is 10.1. The molecular weight excluding hydrogens is 372 g/mol. The first kappa shape index (κ1) is 23.2. The normalized spacial score (nSPS) is 13.7. The maximum absolute atomic E-state index is 8.62. The van der Waals surface area contributed by atoms with Gasteiger partial charge >= 0.3 is 0 Å². The van der Waals surface area contributed by atoms with E-state index in [-0.39, 0.29) is 0 Å². The molecule has 0 bridgehead atoms. The van der Waals surface area contributed by atoms with Crippen molar-refractivity contribution in [3.05, 3.63) is 72.2 Å². The maximum atomic E-state index is 8.62. The Morgan fingerprint density at radius 2 is 1.83 bits per heavy atom. The van der Waals surface area contributed by atoms with Gasteiger partial charge in [-0.3, -0.25) is 0 Å². The Bertz CT molecular complexity index is 945. The van der Waals surface area contributed by atoms with Crippen molar-refractivity contribution in [2.45, 2.75) is 51.5 Å². The second-order valence-corrected chi connectivity index (χ2v) is 7.40. The third kappa shape index (κ3) is 7.73. The molecule has 0 aliphatic heterocycles. The van der Waals surface area contributed by atoms with Crippen molar-refractivity contribution in [3.8, 4) is 11.8 Å². The van der Waals surface area contributed by atoms with Crippen LogP contribution in [0.3, 0.4) is 0 Å². The monoisotopic (exact) mass is 404 g/mol. The lowest BCUT2D eigenvalue weighted by Crippen LogP contribution is -2.17. The van der Waals surface area contributed by atoms with E-state index < -0.39 is 0 Å². The third-order valence-electron chi connectivity index (χ3n) is 4.96. The number of imidazole rings is 1. The van der Waals surface area contributed by atoms with Gasteiger partial charge in [0.15, 0.2) is 0 Å². The van der Waals surface area contributed by atoms with Crippen LogP contribution >= 0.6 is 0 Å². The Balaban J connectivity index is 0.000000164. The van der Waals surface area contributed by atoms with Gasteiger partial charge < -0.3 is 14.9 Å². The van der Waals surface area contributed by atoms with Crippen LogP contribution in [-0.2, 0) is 0 Å². The van der Waals surface area contributed by atoms with Gasteiger partial charge in [0, 0.05) is 18.4 Å². The predicted molar refractivity (Wildman–Crippen MR) is 123 cm³/mol. The molecule has 1 fully saturated rings. The summed E-state index contributed by atoms with van der Waals surface area (Å²) in [5, 5.41) is 8.62. The summed E-state index contributed by atoms with van der Waals surface area (Å²) in [5.74, 6) is 0.880. The molecule has 0 saturated heterocycles. The molecule has 2 N–H and O–H groups in total. The number of fused-ring (bicyclic) bond motifs is 1. The van der Waals surface area contributed by atoms with Gasteiger partial charge in [0.25, 0.3) is 0 Å². The lowest BCUT2D eigenvalue weighted by Gasteiger charge is -2.03. The molecule has 1 saturated carbocycles. The topological polar surface area (TPSA) is 76.3 Å². The molecule has 5 nitrogen and oxygen atoms in total. The van der Waals surface area contributed by atoms with Crippen LogP contribution in [-0.4, -0.2) is 22.5 Å². The number of benzene rings is 1. The van der Waals surface area contributed by atoms with Crippen LogP contribution in [0, 0.1) is 18.3 Å². The Morgan fingerprint density at radius 3 is 2.40 bits per heavy atom. The van der Waals surface area contributed by atoms with Crippen LogP contribution in [0.2, 0.25) is 0 Å². The smallest absolute Gasteiger partial charge is 0.138 e. The predicted octanol–water partition coefficient (Wildman–Crippen LogP) is 5.52. The van der Waals surface area contributed by atoms with E-state index in [4.69, 9.17) is 15.7 Å². The van der Waals surface area contributed by atoms with Crippen LogP contribution in [0.4, 0.5) is 0 Å². The van der Waals surface area contributed by atoms with Crippen LogP contribution < -0.4 is 10.5 Å². The van der Waals surface area contributed by atoms with Gasteiger partial charge in [-0.25, -0.2) is 4.98 Å². The molecule has 3 aromatic rings. The molecule has 158 valence electrons. The van der Waals surface area contributed by atoms with E-state index >= 15 is 0 Å². The van der Waals surface area contributed by atoms with E-state index in [1.165, 1.54) is 38.5 Å². The van der Waals surface area contributed by atoms with E-state index in [1.54, 1.807) is 25.3 Å². The van der Waals surface area contributed by atoms with E-state index in [0.717, 1.165) is 22.7 Å². The Hall–Kier alpha value is -3.10. The minimum Gasteiger partial charge on any atom is -0.497 e. The molecule has 5 heteroatoms. The molecule has 1 aromatic carbocycles. The number of rotatable bonds is 2. The summed E-state index contributed by atoms with van der Waals surface area (Å²) in [7, 11) is 1.66. The van der Waals surface area contributed by atoms with Gasteiger partial charge in [0.05, 0.1) is 24.4 Å². The molecular formula is C25H32N4O. The first-order chi connectivity index (χ1) is 14.5. The highest BCUT2D eigenvalue weighted by molar-refractivity contribution is 5.48. The minimum absolute atomic E-state index is 0.525. The number of methoxy groups -OCH3 is 1. The van der Waals surface area contributed by atoms with E-state index in [2.05, 4.69) is 17.6 Å². The molecule has 0 amide bonds. The van der Waals surface area contributed by atoms with Crippen LogP contribution in [0.15, 0.2) is 55.4 Å². The van der Waals surface area contributed by atoms with Gasteiger partial charge in [-0.15, -0.1) is 0 Å². The molecule has 4 rings (SSSR count). The fraction of sp³-hybridized carbons (Fsp3) is 0.360. The number of pyridine rings is 1. The van der Waals surface area contributed by atoms with Crippen molar-refractivity contribution < 1.29 is 4.74 Å². The Morgan fingerprint density at radius 1 is 1.17 bits per heavy atom. The number of aryl methyl sites for hydroxylation is 1. The number of hydrogen-bond donors (Lipinski definition) is 1. The molecule has 2 heterocycles. The van der Waals surface area contributed by atoms with Crippen molar-refractivity contribution in [1.29, 1.82) is 5.26 Å². The van der Waals surface area contributed by atoms with Crippen molar-refractivity contribution in [1.82, 2.24) is 9.38 Å². The zero-order valence-electron chi connectivity index (χ0n) is 18.1. The molecule has 0 atom stereocenters. The second-order valence-electron chi connectivity index (χ2n) is 7.40. The largest absolute Gasteiger partial charge is 0.497 e. The summed E-state index contributed by atoms with van der Waals surface area (Å²) in [6, 6.07) is 13.9. The van der Waals surface area contributed by atoms with Crippen molar-refractivity contribution in [2.75, 3.05) is 7.11 Å². The lowest BCUT2D eigenvalue weighted by molar-refractivity contribution is 0.415. The summed E-state index contributed by atoms with van der Waals surface area (Å²) in [6.45, 7) is 5.58. The van der Waals surface area contributed by atoms with Crippen molar-refractivity contribution >= 4 is 11.7 Å². The van der Waals surface area contributed by atoms with Gasteiger partial charge in [0.2, 0.25) is 0 Å². The fourth-order valence-electron chi connectivity index (χ4n) is 3.23. The summed E-state index contributed by atoms with van der Waals surface area (Å²) in [6.07, 6.45) is 13.6. The molecule has 30 heavy (non-hydrogen) atoms. The SMILES string of the molecule is C=Cc1ccc(OC)cc1.Cc1cn2ccc(C#N)cc2n1.NC1CCCCCC1. The highest BCUT2D eigenvalue weighted by Crippen LogP contribution is 2.15. The summed E-state index contributed by atoms with van der Waals surface area (Å²) >= 11 is 0. The van der Waals surface area contributed by atoms with E-state index in [1.807, 2.05) is 48.0 Å². The van der Waals surface area contributed by atoms with Gasteiger partial charge in [-0.05, 0) is 49.6 Å². The number of hydrogen-bond acceptors (Lipinski definition) is 4. The average molecular weight is 405 g/mol. The first-order valence-corrected chi connectivity index (χ1v) is 10.4. The molecule has 1 aliphatic rings. The molecule has 0 unspecified atom stereocenters. The average Bonchev–Trinajstić information content (AvgIpc) is 2.98. The van der Waals surface area contributed by atoms with Gasteiger partial charge in [0.1, 0.15) is 11.4 Å². The van der Waals surface area contributed by atoms with Crippen LogP contribution in [0.5, 0.6) is 5.75 Å². The summed E-state index contributed by atoms with van der Waals surface area (Å²) in [4.78, 5) is 4.23. The van der Waals surface area contributed by atoms with Gasteiger partial charge in [-0.1, -0.05) is 50.5 Å². The molecule has 0 radical (unpaired) electrons. The number of nitrogens with zero attached hydrogens (tertiary/aromatic N) is 3. The third-order valence-corrected chi connectivity index (χ3v) is 4.96. The van der Waals surface area contributed by atoms with Crippen molar-refractivity contribution in [2.24, 2.45) is 5.73 Å². The molecule has 0 spiro atoms. The number of nitrogens with two attached hydrogens (primary N) is 1. The summed E-state index contributed by atoms with van der Waals surface area (Å²) < 4.78 is 6.88. The maximum Gasteiger partial charge on any atom is 0.138 e. The fourth-order valence-corrected chi connectivity index (χ4v) is 3.23. The van der Waals surface area contributed by atoms with E-state index in [0.29, 0.717) is 11.6 Å². The molecule has 1 aliphatic carbocycles. The first-order valence-electron chi connectivity index (χ1n) is 10.4. The van der Waals surface area contributed by atoms with Crippen LogP contribution in [0.1, 0.15) is 55.3 Å². The minimum atomic E-state index is 0.525. The summed E-state index contributed by atoms with van der Waals surface area (Å²) in [5.41, 5.74) is 9.28. The van der Waals surface area contributed by atoms with E-state index in [9.17, 15) is 0 Å². The standard InChI is InChI=1S/C9H7N3.C9H10O.C7H15N/c1-7-6-12-3-2-8(5-10)4-9(12)11-7;1-3-8-4-6-9(10-2)7-5-8;8-7-5-3-1-2-4-6-7/h2-4,6H,1H3;3-7H,1H2,2H3;7H,1-6,8H2. The van der Waals surface area contributed by atoms with Gasteiger partial charge in [-0.2, -0.15) is 5.26 Å². The molecule has 2 aromatic heterocycles. The zero-order chi connectivity index (χ0) is 21.8. The highest BCUT2D eigenvalue weighted by atomic mass is 16.5. The van der Waals surface area contributed by atoms with Crippen LogP contribution in [0.25, 0.3) is 11.7 Å². The number of aromatic nitrogens is 2. The number of ether oxygens (including phenoxy) is 1. The zero-order valence-corrected chi connectivity index (χ0v) is 18.1. The quantitative estimate of drug-likeness (QED) is 0.571. The Labute approximate surface area is 179 Å². The number of nitriles is 1. The van der Waals surface area contributed by atoms with Crippen molar-refractivity contribution in [3.63, 3.8) is 0 Å².